The van der Waals surface area contributed by atoms with Crippen LogP contribution in [0, 0.1) is 12.8 Å². The second-order valence-corrected chi connectivity index (χ2v) is 14.3. The number of anilines is 1. The lowest BCUT2D eigenvalue weighted by Gasteiger charge is -2.46. The molecule has 3 N–H and O–H groups in total. The lowest BCUT2D eigenvalue weighted by Crippen LogP contribution is -2.62. The Kier molecular flexibility index (Phi) is 9.55. The van der Waals surface area contributed by atoms with Crippen molar-refractivity contribution in [3.05, 3.63) is 76.8 Å². The molecule has 5 heterocycles. The van der Waals surface area contributed by atoms with E-state index in [9.17, 15) is 14.4 Å². The minimum absolute atomic E-state index is 0.00544. The Bertz CT molecular complexity index is 1560. The summed E-state index contributed by atoms with van der Waals surface area (Å²) >= 11 is 1.51. The van der Waals surface area contributed by atoms with Crippen LogP contribution in [-0.2, 0) is 9.59 Å². The van der Waals surface area contributed by atoms with Crippen molar-refractivity contribution in [3.8, 4) is 11.5 Å². The molecule has 11 heteroatoms. The molecule has 3 unspecified atom stereocenters. The van der Waals surface area contributed by atoms with Crippen molar-refractivity contribution in [2.75, 3.05) is 44.2 Å². The van der Waals surface area contributed by atoms with Crippen molar-refractivity contribution in [2.24, 2.45) is 5.92 Å². The van der Waals surface area contributed by atoms with Crippen molar-refractivity contribution in [2.45, 2.75) is 62.9 Å². The lowest BCUT2D eigenvalue weighted by molar-refractivity contribution is -0.128. The van der Waals surface area contributed by atoms with Crippen LogP contribution >= 0.6 is 11.8 Å². The Morgan fingerprint density at radius 1 is 1.02 bits per heavy atom. The number of benzene rings is 2. The van der Waals surface area contributed by atoms with Gasteiger partial charge in [0.15, 0.2) is 0 Å². The number of urea groups is 1. The first-order valence-corrected chi connectivity index (χ1v) is 17.9. The molecule has 0 spiro atoms. The highest BCUT2D eigenvalue weighted by Crippen LogP contribution is 2.48. The van der Waals surface area contributed by atoms with Gasteiger partial charge in [0.1, 0.15) is 11.5 Å². The van der Waals surface area contributed by atoms with Crippen LogP contribution in [-0.4, -0.2) is 84.4 Å². The van der Waals surface area contributed by atoms with Crippen LogP contribution in [0.5, 0.6) is 11.5 Å². The maximum Gasteiger partial charge on any atom is 0.326 e. The highest BCUT2D eigenvalue weighted by molar-refractivity contribution is 8.04. The fraction of sp³-hybridized carbons (Fsp3) is 0.472. The normalized spacial score (nSPS) is 26.3. The van der Waals surface area contributed by atoms with Crippen LogP contribution < -0.4 is 25.6 Å². The van der Waals surface area contributed by atoms with Crippen LogP contribution in [0.25, 0.3) is 0 Å². The first-order valence-electron chi connectivity index (χ1n) is 17.0. The van der Waals surface area contributed by atoms with Gasteiger partial charge in [-0.15, -0.1) is 0 Å². The number of piperidine rings is 3. The third-order valence-electron chi connectivity index (χ3n) is 9.90. The number of likely N-dealkylation sites (tertiary alicyclic amines) is 2. The third-order valence-corrected chi connectivity index (χ3v) is 11.2. The Balaban J connectivity index is 1.01. The molecule has 10 nitrogen and oxygen atoms in total. The molecule has 5 aliphatic rings. The van der Waals surface area contributed by atoms with Gasteiger partial charge in [0.25, 0.3) is 5.91 Å². The second-order valence-electron chi connectivity index (χ2n) is 13.1. The van der Waals surface area contributed by atoms with Crippen molar-refractivity contribution in [1.29, 1.82) is 0 Å². The average molecular weight is 657 g/mol. The topological polar surface area (TPSA) is 106 Å². The molecule has 4 fully saturated rings. The molecule has 4 saturated heterocycles. The van der Waals surface area contributed by atoms with Crippen LogP contribution in [0.3, 0.4) is 0 Å². The Morgan fingerprint density at radius 2 is 1.85 bits per heavy atom. The molecule has 4 atom stereocenters. The molecule has 0 saturated carbocycles. The van der Waals surface area contributed by atoms with E-state index in [2.05, 4.69) is 20.9 Å². The smallest absolute Gasteiger partial charge is 0.326 e. The number of hydrogen-bond donors (Lipinski definition) is 3. The molecule has 2 aromatic carbocycles. The molecule has 2 aromatic rings. The van der Waals surface area contributed by atoms with E-state index in [0.717, 1.165) is 62.4 Å². The SMILES string of the molecule is Cc1cc(Oc2ccccc2)ccc1N1C(=O)NC2=C(C(=O)N[C@@H]3CCCN(C(=O)/C=C/CN4CCCCC4)C3)SC3NCCC1C23. The van der Waals surface area contributed by atoms with E-state index >= 15 is 0 Å². The van der Waals surface area contributed by atoms with Crippen molar-refractivity contribution < 1.29 is 19.1 Å². The van der Waals surface area contributed by atoms with Gasteiger partial charge in [0.2, 0.25) is 5.91 Å². The Labute approximate surface area is 280 Å². The average Bonchev–Trinajstić information content (AvgIpc) is 3.46. The zero-order valence-electron chi connectivity index (χ0n) is 27.0. The fourth-order valence-electron chi connectivity index (χ4n) is 7.58. The van der Waals surface area contributed by atoms with E-state index in [-0.39, 0.29) is 41.2 Å². The van der Waals surface area contributed by atoms with Gasteiger partial charge in [-0.2, -0.15) is 0 Å². The molecule has 248 valence electrons. The van der Waals surface area contributed by atoms with Crippen LogP contribution in [0.1, 0.15) is 44.1 Å². The van der Waals surface area contributed by atoms with Crippen molar-refractivity contribution >= 4 is 35.3 Å². The van der Waals surface area contributed by atoms with E-state index in [1.54, 1.807) is 6.08 Å². The number of carbonyl (C=O) groups excluding carboxylic acids is 3. The van der Waals surface area contributed by atoms with Crippen LogP contribution in [0.4, 0.5) is 10.5 Å². The zero-order chi connectivity index (χ0) is 32.3. The third kappa shape index (κ3) is 6.93. The number of thioether (sulfide) groups is 1. The minimum Gasteiger partial charge on any atom is -0.457 e. The largest absolute Gasteiger partial charge is 0.457 e. The summed E-state index contributed by atoms with van der Waals surface area (Å²) in [7, 11) is 0. The number of para-hydroxylation sites is 1. The number of hydrogen-bond acceptors (Lipinski definition) is 7. The van der Waals surface area contributed by atoms with E-state index < -0.39 is 0 Å². The van der Waals surface area contributed by atoms with E-state index in [1.165, 1.54) is 31.0 Å². The number of aryl methyl sites for hydroxylation is 1. The summed E-state index contributed by atoms with van der Waals surface area (Å²) in [6.07, 6.45) is 9.85. The predicted molar refractivity (Wildman–Crippen MR) is 184 cm³/mol. The summed E-state index contributed by atoms with van der Waals surface area (Å²) in [6.45, 7) is 6.94. The lowest BCUT2D eigenvalue weighted by atomic mass is 9.86. The maximum absolute atomic E-state index is 13.8. The predicted octanol–water partition coefficient (Wildman–Crippen LogP) is 4.73. The summed E-state index contributed by atoms with van der Waals surface area (Å²) < 4.78 is 6.03. The highest BCUT2D eigenvalue weighted by Gasteiger charge is 2.52. The Morgan fingerprint density at radius 3 is 2.66 bits per heavy atom. The molecule has 5 aliphatic heterocycles. The summed E-state index contributed by atoms with van der Waals surface area (Å²) in [5, 5.41) is 9.90. The molecular formula is C36H44N6O4S. The van der Waals surface area contributed by atoms with Crippen LogP contribution in [0.2, 0.25) is 0 Å². The zero-order valence-corrected chi connectivity index (χ0v) is 27.8. The van der Waals surface area contributed by atoms with Crippen molar-refractivity contribution in [3.63, 3.8) is 0 Å². The summed E-state index contributed by atoms with van der Waals surface area (Å²) in [5.41, 5.74) is 2.49. The van der Waals surface area contributed by atoms with E-state index in [4.69, 9.17) is 4.74 Å². The quantitative estimate of drug-likeness (QED) is 0.353. The molecule has 0 aliphatic carbocycles. The number of nitrogens with one attached hydrogen (secondary N) is 3. The second kappa shape index (κ2) is 14.1. The van der Waals surface area contributed by atoms with Gasteiger partial charge in [-0.1, -0.05) is 42.5 Å². The molecule has 4 amide bonds. The number of nitrogens with zero attached hydrogens (tertiary/aromatic N) is 3. The molecule has 47 heavy (non-hydrogen) atoms. The molecular weight excluding hydrogens is 613 g/mol. The summed E-state index contributed by atoms with van der Waals surface area (Å²) in [6, 6.07) is 15.0. The van der Waals surface area contributed by atoms with Crippen LogP contribution in [0.15, 0.2) is 71.3 Å². The molecule has 0 radical (unpaired) electrons. The van der Waals surface area contributed by atoms with Gasteiger partial charge in [-0.25, -0.2) is 4.79 Å². The monoisotopic (exact) mass is 656 g/mol. The van der Waals surface area contributed by atoms with Crippen molar-refractivity contribution in [1.82, 2.24) is 25.8 Å². The minimum atomic E-state index is -0.222. The number of rotatable bonds is 8. The van der Waals surface area contributed by atoms with Gasteiger partial charge < -0.3 is 25.6 Å². The Hall–Kier alpha value is -3.80. The van der Waals surface area contributed by atoms with Gasteiger partial charge in [-0.05, 0) is 94.6 Å². The van der Waals surface area contributed by atoms with Gasteiger partial charge in [0.05, 0.1) is 16.3 Å². The first kappa shape index (κ1) is 31.8. The van der Waals surface area contributed by atoms with Gasteiger partial charge >= 0.3 is 6.03 Å². The number of carbonyl (C=O) groups is 3. The standard InChI is InChI=1S/C36H44N6O4S/c1-24-22-27(46-26-11-4-2-5-12-26)14-15-28(24)42-29-16-17-37-35-31(29)32(39-36(42)45)33(47-35)34(44)38-25-10-8-21-41(23-25)30(43)13-9-20-40-18-6-3-7-19-40/h2,4-5,9,11-15,22,25,29,31,35,37H,3,6-8,10,16-21,23H2,1H3,(H,38,44)(H,39,45)/b13-9+/t25-,29?,31?,35?/m1/s1. The summed E-state index contributed by atoms with van der Waals surface area (Å²) in [4.78, 5) is 47.2. The molecule has 0 bridgehead atoms. The number of ether oxygens (including phenoxy) is 1. The fourth-order valence-corrected chi connectivity index (χ4v) is 8.98. The highest BCUT2D eigenvalue weighted by atomic mass is 32.2. The summed E-state index contributed by atoms with van der Waals surface area (Å²) in [5.74, 6) is 1.26. The van der Waals surface area contributed by atoms with Gasteiger partial charge in [0, 0.05) is 49.1 Å². The number of amides is 4. The van der Waals surface area contributed by atoms with Gasteiger partial charge in [-0.3, -0.25) is 19.4 Å². The molecule has 7 rings (SSSR count). The first-order chi connectivity index (χ1) is 22.9. The van der Waals surface area contributed by atoms with E-state index in [0.29, 0.717) is 29.4 Å². The van der Waals surface area contributed by atoms with E-state index in [1.807, 2.05) is 71.3 Å². The maximum atomic E-state index is 13.8. The molecule has 0 aromatic heterocycles.